The maximum Gasteiger partial charge on any atom is 0.272 e. The van der Waals surface area contributed by atoms with Gasteiger partial charge in [0, 0.05) is 40.5 Å². The molecule has 0 unspecified atom stereocenters. The van der Waals surface area contributed by atoms with Crippen LogP contribution in [0, 0.1) is 36.5 Å². The highest BCUT2D eigenvalue weighted by Crippen LogP contribution is 2.23. The number of nitrogens with one attached hydrogen (secondary N) is 1. The lowest BCUT2D eigenvalue weighted by atomic mass is 9.98. The number of aryl methyl sites for hydroxylation is 2. The van der Waals surface area contributed by atoms with Gasteiger partial charge in [0.25, 0.3) is 5.91 Å². The summed E-state index contributed by atoms with van der Waals surface area (Å²) in [5, 5.41) is 31.5. The first-order chi connectivity index (χ1) is 21.8. The number of rotatable bonds is 11. The molecule has 4 aromatic rings. The Kier molecular flexibility index (Phi) is 11.3. The monoisotopic (exact) mass is 615 g/mol. The second kappa shape index (κ2) is 15.7. The Labute approximate surface area is 267 Å². The van der Waals surface area contributed by atoms with Gasteiger partial charge in [-0.1, -0.05) is 59.6 Å². The van der Waals surface area contributed by atoms with Crippen molar-refractivity contribution in [3.8, 4) is 12.1 Å². The Bertz CT molecular complexity index is 1800. The average Bonchev–Trinajstić information content (AvgIpc) is 3.06. The highest BCUT2D eigenvalue weighted by atomic mass is 35.5. The van der Waals surface area contributed by atoms with Gasteiger partial charge in [-0.3, -0.25) is 9.59 Å². The summed E-state index contributed by atoms with van der Waals surface area (Å²) >= 11 is 6.22. The zero-order valence-corrected chi connectivity index (χ0v) is 25.6. The van der Waals surface area contributed by atoms with E-state index in [9.17, 15) is 9.59 Å². The number of carbonyl (C=O) groups is 2. The largest absolute Gasteiger partial charge is 0.369 e. The number of hydrazone groups is 1. The van der Waals surface area contributed by atoms with E-state index in [4.69, 9.17) is 22.1 Å². The summed E-state index contributed by atoms with van der Waals surface area (Å²) in [6.45, 7) is 4.80. The third kappa shape index (κ3) is 8.70. The van der Waals surface area contributed by atoms with E-state index in [0.717, 1.165) is 16.8 Å². The first-order valence-corrected chi connectivity index (χ1v) is 14.5. The van der Waals surface area contributed by atoms with Crippen LogP contribution in [-0.2, 0) is 0 Å². The lowest BCUT2D eigenvalue weighted by molar-refractivity contribution is 0.0943. The van der Waals surface area contributed by atoms with E-state index < -0.39 is 5.91 Å². The fourth-order valence-electron chi connectivity index (χ4n) is 4.50. The molecule has 4 rings (SSSR count). The van der Waals surface area contributed by atoms with Gasteiger partial charge in [-0.2, -0.15) is 10.5 Å². The van der Waals surface area contributed by atoms with Crippen molar-refractivity contribution in [2.75, 3.05) is 18.0 Å². The molecular formula is C35H30ClN7O2. The van der Waals surface area contributed by atoms with E-state index in [1.54, 1.807) is 42.5 Å². The topological polar surface area (TPSA) is 134 Å². The number of hydrogen-bond acceptors (Lipinski definition) is 7. The Balaban J connectivity index is 1.70. The number of nitrogens with zero attached hydrogens (tertiary/aromatic N) is 6. The molecule has 10 heteroatoms. The molecule has 0 bridgehead atoms. The molecule has 0 spiro atoms. The van der Waals surface area contributed by atoms with Crippen molar-refractivity contribution in [2.24, 2.45) is 15.3 Å². The number of amidine groups is 1. The highest BCUT2D eigenvalue weighted by molar-refractivity contribution is 6.31. The molecule has 0 aliphatic rings. The first-order valence-electron chi connectivity index (χ1n) is 14.2. The van der Waals surface area contributed by atoms with E-state index in [2.05, 4.69) is 32.9 Å². The molecule has 9 nitrogen and oxygen atoms in total. The van der Waals surface area contributed by atoms with Gasteiger partial charge in [-0.05, 0) is 67.9 Å². The van der Waals surface area contributed by atoms with Crippen LogP contribution in [0.5, 0.6) is 0 Å². The predicted molar refractivity (Wildman–Crippen MR) is 175 cm³/mol. The maximum atomic E-state index is 13.5. The van der Waals surface area contributed by atoms with E-state index in [-0.39, 0.29) is 27.8 Å². The van der Waals surface area contributed by atoms with E-state index >= 15 is 0 Å². The minimum atomic E-state index is -0.645. The van der Waals surface area contributed by atoms with Gasteiger partial charge in [0.1, 0.15) is 0 Å². The molecule has 224 valence electrons. The molecule has 0 aliphatic carbocycles. The zero-order chi connectivity index (χ0) is 32.2. The molecule has 0 saturated carbocycles. The van der Waals surface area contributed by atoms with Crippen LogP contribution in [0.1, 0.15) is 55.8 Å². The number of azo groups is 1. The van der Waals surface area contributed by atoms with Gasteiger partial charge < -0.3 is 4.90 Å². The van der Waals surface area contributed by atoms with Crippen LogP contribution in [0.15, 0.2) is 106 Å². The van der Waals surface area contributed by atoms with Crippen molar-refractivity contribution in [3.63, 3.8) is 0 Å². The number of anilines is 1. The summed E-state index contributed by atoms with van der Waals surface area (Å²) in [6.07, 6.45) is 0.627. The normalized spacial score (nSPS) is 11.1. The van der Waals surface area contributed by atoms with Crippen LogP contribution in [-0.4, -0.2) is 30.6 Å². The molecule has 0 fully saturated rings. The summed E-state index contributed by atoms with van der Waals surface area (Å²) in [7, 11) is 0. The number of hydrogen-bond donors (Lipinski definition) is 1. The lowest BCUT2D eigenvalue weighted by Crippen LogP contribution is -2.25. The fourth-order valence-corrected chi connectivity index (χ4v) is 4.67. The second-order valence-corrected chi connectivity index (χ2v) is 10.5. The van der Waals surface area contributed by atoms with Crippen LogP contribution < -0.4 is 10.3 Å². The van der Waals surface area contributed by atoms with Crippen LogP contribution in [0.4, 0.5) is 11.4 Å². The summed E-state index contributed by atoms with van der Waals surface area (Å²) in [5.41, 5.74) is 7.09. The SMILES string of the molecule is Cc1ccc(N=N/C(=N/NC(=O)c2cc(Cl)ccc2C(=O)c2ccccc2)c2ccc(N(CCC#N)CCC#N)cc2C)cc1. The number of amides is 1. The minimum Gasteiger partial charge on any atom is -0.369 e. The van der Waals surface area contributed by atoms with Gasteiger partial charge >= 0.3 is 0 Å². The first kappa shape index (κ1) is 32.3. The van der Waals surface area contributed by atoms with Gasteiger partial charge in [0.05, 0.1) is 36.2 Å². The second-order valence-electron chi connectivity index (χ2n) is 10.1. The molecule has 0 aromatic heterocycles. The predicted octanol–water partition coefficient (Wildman–Crippen LogP) is 7.70. The summed E-state index contributed by atoms with van der Waals surface area (Å²) in [5.74, 6) is -0.843. The molecule has 0 radical (unpaired) electrons. The Morgan fingerprint density at radius 1 is 0.822 bits per heavy atom. The van der Waals surface area contributed by atoms with Crippen LogP contribution >= 0.6 is 11.6 Å². The number of nitriles is 2. The molecule has 0 atom stereocenters. The van der Waals surface area contributed by atoms with Gasteiger partial charge in [-0.15, -0.1) is 15.3 Å². The number of carbonyl (C=O) groups excluding carboxylic acids is 2. The summed E-state index contributed by atoms with van der Waals surface area (Å²) in [6, 6.07) is 30.5. The number of benzene rings is 4. The molecular weight excluding hydrogens is 586 g/mol. The summed E-state index contributed by atoms with van der Waals surface area (Å²) < 4.78 is 0. The van der Waals surface area contributed by atoms with Crippen molar-refractivity contribution < 1.29 is 9.59 Å². The average molecular weight is 616 g/mol. The van der Waals surface area contributed by atoms with E-state index in [1.165, 1.54) is 12.1 Å². The van der Waals surface area contributed by atoms with Gasteiger partial charge in [-0.25, -0.2) is 5.43 Å². The molecule has 0 aliphatic heterocycles. The standard InChI is InChI=1S/C35H30ClN7O2/c1-24-10-13-28(14-11-24)39-40-34(30-17-15-29(22-25(30)2)43(20-6-18-37)21-7-19-38)41-42-35(45)32-23-27(36)12-16-31(32)33(44)26-8-4-3-5-9-26/h3-5,8-17,22-23H,6-7,20-21H2,1-2H3,(H,42,45)/b40-39?,41-34+. The molecule has 0 heterocycles. The van der Waals surface area contributed by atoms with Crippen molar-refractivity contribution in [1.29, 1.82) is 10.5 Å². The smallest absolute Gasteiger partial charge is 0.272 e. The molecule has 1 amide bonds. The Morgan fingerprint density at radius 3 is 2.13 bits per heavy atom. The van der Waals surface area contributed by atoms with Crippen LogP contribution in [0.3, 0.4) is 0 Å². The molecule has 1 N–H and O–H groups in total. The quantitative estimate of drug-likeness (QED) is 0.0606. The third-order valence-corrected chi connectivity index (χ3v) is 7.10. The van der Waals surface area contributed by atoms with E-state index in [1.807, 2.05) is 55.1 Å². The summed E-state index contributed by atoms with van der Waals surface area (Å²) in [4.78, 5) is 28.7. The molecule has 45 heavy (non-hydrogen) atoms. The lowest BCUT2D eigenvalue weighted by Gasteiger charge is -2.23. The Morgan fingerprint density at radius 2 is 1.49 bits per heavy atom. The maximum absolute atomic E-state index is 13.5. The fraction of sp³-hybridized carbons (Fsp3) is 0.171. The molecule has 4 aromatic carbocycles. The van der Waals surface area contributed by atoms with Gasteiger partial charge in [0.15, 0.2) is 5.78 Å². The van der Waals surface area contributed by atoms with Crippen molar-refractivity contribution in [1.82, 2.24) is 5.43 Å². The van der Waals surface area contributed by atoms with Crippen molar-refractivity contribution >= 4 is 40.5 Å². The molecule has 0 saturated heterocycles. The van der Waals surface area contributed by atoms with Crippen LogP contribution in [0.25, 0.3) is 0 Å². The minimum absolute atomic E-state index is 0.0626. The third-order valence-electron chi connectivity index (χ3n) is 6.87. The van der Waals surface area contributed by atoms with E-state index in [0.29, 0.717) is 42.7 Å². The Hall–Kier alpha value is -5.64. The van der Waals surface area contributed by atoms with Crippen molar-refractivity contribution in [3.05, 3.63) is 129 Å². The van der Waals surface area contributed by atoms with Crippen molar-refractivity contribution in [2.45, 2.75) is 26.7 Å². The number of ketones is 1. The highest BCUT2D eigenvalue weighted by Gasteiger charge is 2.20. The zero-order valence-electron chi connectivity index (χ0n) is 24.9. The number of halogens is 1. The van der Waals surface area contributed by atoms with Crippen LogP contribution in [0.2, 0.25) is 5.02 Å². The van der Waals surface area contributed by atoms with Gasteiger partial charge in [0.2, 0.25) is 5.84 Å².